The normalized spacial score (nSPS) is 16.5. The number of alkyl carbamates (subject to hydrolysis) is 1. The number of carbonyl (C=O) groups is 3. The van der Waals surface area contributed by atoms with Gasteiger partial charge < -0.3 is 25.2 Å². The maximum atomic E-state index is 12.5. The van der Waals surface area contributed by atoms with E-state index in [-0.39, 0.29) is 37.9 Å². The zero-order valence-corrected chi connectivity index (χ0v) is 18.0. The highest BCUT2D eigenvalue weighted by Gasteiger charge is 2.50. The van der Waals surface area contributed by atoms with Crippen molar-refractivity contribution in [1.82, 2.24) is 10.2 Å². The minimum absolute atomic E-state index is 0.0487. The number of carbonyl (C=O) groups excluding carboxylic acids is 2. The topological polar surface area (TPSA) is 116 Å². The van der Waals surface area contributed by atoms with Crippen LogP contribution < -0.4 is 5.32 Å². The molecule has 1 fully saturated rings. The van der Waals surface area contributed by atoms with Gasteiger partial charge in [0.25, 0.3) is 0 Å². The van der Waals surface area contributed by atoms with Gasteiger partial charge in [-0.1, -0.05) is 48.5 Å². The van der Waals surface area contributed by atoms with E-state index in [0.29, 0.717) is 0 Å². The fourth-order valence-corrected chi connectivity index (χ4v) is 4.34. The first-order valence-electron chi connectivity index (χ1n) is 10.5. The first-order chi connectivity index (χ1) is 15.1. The predicted molar refractivity (Wildman–Crippen MR) is 116 cm³/mol. The summed E-state index contributed by atoms with van der Waals surface area (Å²) in [6, 6.07) is 16.1. The van der Waals surface area contributed by atoms with E-state index in [1.54, 1.807) is 13.8 Å². The highest BCUT2D eigenvalue weighted by molar-refractivity contribution is 5.86. The number of ether oxygens (including phenoxy) is 1. The molecule has 1 aliphatic heterocycles. The van der Waals surface area contributed by atoms with Crippen LogP contribution in [-0.4, -0.2) is 63.9 Å². The molecule has 0 aromatic heterocycles. The van der Waals surface area contributed by atoms with Crippen molar-refractivity contribution in [3.8, 4) is 11.1 Å². The zero-order valence-electron chi connectivity index (χ0n) is 18.0. The second kappa shape index (κ2) is 7.94. The number of nitrogens with zero attached hydrogens (tertiary/aromatic N) is 1. The van der Waals surface area contributed by atoms with Crippen LogP contribution in [0.1, 0.15) is 37.3 Å². The maximum Gasteiger partial charge on any atom is 0.407 e. The van der Waals surface area contributed by atoms with E-state index >= 15 is 0 Å². The number of benzene rings is 2. The minimum atomic E-state index is -1.89. The van der Waals surface area contributed by atoms with E-state index in [4.69, 9.17) is 9.84 Å². The van der Waals surface area contributed by atoms with Crippen molar-refractivity contribution >= 4 is 18.0 Å². The molecule has 0 saturated carbocycles. The van der Waals surface area contributed by atoms with Crippen molar-refractivity contribution in [3.63, 3.8) is 0 Å². The fraction of sp³-hybridized carbons (Fsp3) is 0.375. The molecule has 4 rings (SSSR count). The van der Waals surface area contributed by atoms with E-state index in [1.165, 1.54) is 4.90 Å². The van der Waals surface area contributed by atoms with Crippen LogP contribution in [0.25, 0.3) is 11.1 Å². The lowest BCUT2D eigenvalue weighted by Gasteiger charge is -2.44. The molecule has 1 saturated heterocycles. The molecule has 0 spiro atoms. The Balaban J connectivity index is 1.33. The van der Waals surface area contributed by atoms with E-state index < -0.39 is 23.2 Å². The summed E-state index contributed by atoms with van der Waals surface area (Å²) in [4.78, 5) is 37.1. The Kier molecular flexibility index (Phi) is 5.42. The Morgan fingerprint density at radius 2 is 1.59 bits per heavy atom. The SMILES string of the molecule is CC(C)(CC(=O)N1CC(O)(C(=O)O)C1)NC(=O)OCC1c2ccccc2-c2ccccc21. The first kappa shape index (κ1) is 21.8. The van der Waals surface area contributed by atoms with Crippen molar-refractivity contribution in [2.75, 3.05) is 19.7 Å². The molecule has 1 heterocycles. The van der Waals surface area contributed by atoms with Gasteiger partial charge in [0.1, 0.15) is 6.61 Å². The molecule has 2 aliphatic rings. The highest BCUT2D eigenvalue weighted by atomic mass is 16.5. The number of likely N-dealkylation sites (tertiary alicyclic amines) is 1. The van der Waals surface area contributed by atoms with Crippen molar-refractivity contribution in [2.45, 2.75) is 37.3 Å². The van der Waals surface area contributed by atoms with Gasteiger partial charge in [0, 0.05) is 17.9 Å². The third-order valence-electron chi connectivity index (χ3n) is 6.03. The minimum Gasteiger partial charge on any atom is -0.479 e. The smallest absolute Gasteiger partial charge is 0.407 e. The third kappa shape index (κ3) is 4.05. The summed E-state index contributed by atoms with van der Waals surface area (Å²) in [5, 5.41) is 21.5. The number of aliphatic carboxylic acids is 1. The van der Waals surface area contributed by atoms with Gasteiger partial charge >= 0.3 is 12.1 Å². The standard InChI is InChI=1S/C24H26N2O6/c1-23(2,11-20(27)26-13-24(31,14-26)21(28)29)25-22(30)32-12-19-17-9-5-3-7-15(17)16-8-4-6-10-18(16)19/h3-10,19,31H,11-14H2,1-2H3,(H,25,30)(H,28,29). The van der Waals surface area contributed by atoms with Gasteiger partial charge in [-0.2, -0.15) is 0 Å². The molecule has 0 unspecified atom stereocenters. The second-order valence-electron chi connectivity index (χ2n) is 9.10. The summed E-state index contributed by atoms with van der Waals surface area (Å²) < 4.78 is 5.53. The Bertz CT molecular complexity index is 1030. The number of aliphatic hydroxyl groups is 1. The molecule has 0 bridgehead atoms. The van der Waals surface area contributed by atoms with Gasteiger partial charge in [-0.25, -0.2) is 9.59 Å². The molecule has 1 aliphatic carbocycles. The quantitative estimate of drug-likeness (QED) is 0.638. The van der Waals surface area contributed by atoms with Gasteiger partial charge in [-0.3, -0.25) is 4.79 Å². The van der Waals surface area contributed by atoms with E-state index in [1.807, 2.05) is 36.4 Å². The van der Waals surface area contributed by atoms with Crippen LogP contribution in [-0.2, 0) is 14.3 Å². The molecule has 8 heteroatoms. The highest BCUT2D eigenvalue weighted by Crippen LogP contribution is 2.44. The average Bonchev–Trinajstić information content (AvgIpc) is 3.02. The Hall–Kier alpha value is -3.39. The van der Waals surface area contributed by atoms with Crippen LogP contribution in [0.3, 0.4) is 0 Å². The van der Waals surface area contributed by atoms with Crippen LogP contribution in [0.15, 0.2) is 48.5 Å². The van der Waals surface area contributed by atoms with Crippen molar-refractivity contribution < 1.29 is 29.3 Å². The van der Waals surface area contributed by atoms with Crippen LogP contribution >= 0.6 is 0 Å². The Morgan fingerprint density at radius 3 is 2.12 bits per heavy atom. The summed E-state index contributed by atoms with van der Waals surface area (Å²) in [6.07, 6.45) is -0.678. The summed E-state index contributed by atoms with van der Waals surface area (Å²) >= 11 is 0. The molecule has 8 nitrogen and oxygen atoms in total. The molecule has 0 atom stereocenters. The van der Waals surface area contributed by atoms with Gasteiger partial charge in [0.2, 0.25) is 5.91 Å². The van der Waals surface area contributed by atoms with E-state index in [2.05, 4.69) is 17.4 Å². The Labute approximate surface area is 185 Å². The first-order valence-corrected chi connectivity index (χ1v) is 10.5. The molecule has 3 N–H and O–H groups in total. The molecule has 32 heavy (non-hydrogen) atoms. The number of nitrogens with one attached hydrogen (secondary N) is 1. The van der Waals surface area contributed by atoms with Crippen LogP contribution in [0.5, 0.6) is 0 Å². The number of carboxylic acids is 1. The molecule has 2 aromatic carbocycles. The number of carboxylic acid groups (broad SMARTS) is 1. The van der Waals surface area contributed by atoms with Crippen LogP contribution in [0.2, 0.25) is 0 Å². The summed E-state index contributed by atoms with van der Waals surface area (Å²) in [5.41, 5.74) is 1.70. The molecular formula is C24H26N2O6. The molecule has 168 valence electrons. The monoisotopic (exact) mass is 438 g/mol. The number of β-amino-alcohol motifs (C(OH)–C–C–N with tert-alkyl or cyclic N) is 1. The molecule has 0 radical (unpaired) electrons. The van der Waals surface area contributed by atoms with Crippen molar-refractivity contribution in [3.05, 3.63) is 59.7 Å². The zero-order chi connectivity index (χ0) is 23.1. The van der Waals surface area contributed by atoms with Gasteiger partial charge in [-0.15, -0.1) is 0 Å². The van der Waals surface area contributed by atoms with Crippen molar-refractivity contribution in [2.24, 2.45) is 0 Å². The summed E-state index contributed by atoms with van der Waals surface area (Å²) in [7, 11) is 0. The van der Waals surface area contributed by atoms with E-state index in [9.17, 15) is 19.5 Å². The van der Waals surface area contributed by atoms with Gasteiger partial charge in [-0.05, 0) is 36.1 Å². The predicted octanol–water partition coefficient (Wildman–Crippen LogP) is 2.35. The second-order valence-corrected chi connectivity index (χ2v) is 9.10. The molecular weight excluding hydrogens is 412 g/mol. The van der Waals surface area contributed by atoms with Crippen LogP contribution in [0, 0.1) is 0 Å². The number of fused-ring (bicyclic) bond motifs is 3. The number of rotatable bonds is 6. The van der Waals surface area contributed by atoms with Crippen LogP contribution in [0.4, 0.5) is 4.79 Å². The number of amides is 2. The Morgan fingerprint density at radius 1 is 1.06 bits per heavy atom. The van der Waals surface area contributed by atoms with Gasteiger partial charge in [0.15, 0.2) is 5.60 Å². The number of hydrogen-bond acceptors (Lipinski definition) is 5. The van der Waals surface area contributed by atoms with Crippen molar-refractivity contribution in [1.29, 1.82) is 0 Å². The summed E-state index contributed by atoms with van der Waals surface area (Å²) in [6.45, 7) is 3.02. The fourth-order valence-electron chi connectivity index (χ4n) is 4.34. The number of hydrogen-bond donors (Lipinski definition) is 3. The van der Waals surface area contributed by atoms with Gasteiger partial charge in [0.05, 0.1) is 13.1 Å². The molecule has 2 amide bonds. The summed E-state index contributed by atoms with van der Waals surface area (Å²) in [5.74, 6) is -1.76. The maximum absolute atomic E-state index is 12.5. The third-order valence-corrected chi connectivity index (χ3v) is 6.03. The van der Waals surface area contributed by atoms with E-state index in [0.717, 1.165) is 22.3 Å². The lowest BCUT2D eigenvalue weighted by atomic mass is 9.92. The molecule has 2 aromatic rings. The lowest BCUT2D eigenvalue weighted by molar-refractivity contribution is -0.182. The largest absolute Gasteiger partial charge is 0.479 e. The average molecular weight is 438 g/mol. The lowest BCUT2D eigenvalue weighted by Crippen LogP contribution is -2.68.